The van der Waals surface area contributed by atoms with Crippen molar-refractivity contribution in [2.24, 2.45) is 0 Å². The molecule has 0 atom stereocenters. The molecule has 1 amide bonds. The summed E-state index contributed by atoms with van der Waals surface area (Å²) in [6.45, 7) is 0. The summed E-state index contributed by atoms with van der Waals surface area (Å²) in [6.07, 6.45) is 0. The van der Waals surface area contributed by atoms with Crippen LogP contribution in [0.2, 0.25) is 5.02 Å². The highest BCUT2D eigenvalue weighted by Gasteiger charge is 2.13. The highest BCUT2D eigenvalue weighted by molar-refractivity contribution is 6.31. The fourth-order valence-electron chi connectivity index (χ4n) is 4.19. The van der Waals surface area contributed by atoms with Crippen LogP contribution in [0, 0.1) is 0 Å². The van der Waals surface area contributed by atoms with E-state index in [1.807, 2.05) is 30.3 Å². The van der Waals surface area contributed by atoms with Gasteiger partial charge in [-0.1, -0.05) is 66.2 Å². The summed E-state index contributed by atoms with van der Waals surface area (Å²) in [5.41, 5.74) is 4.27. The summed E-state index contributed by atoms with van der Waals surface area (Å²) < 4.78 is 0. The van der Waals surface area contributed by atoms with Gasteiger partial charge >= 0.3 is 0 Å². The number of carbonyl (C=O) groups excluding carboxylic acids is 1. The van der Waals surface area contributed by atoms with Crippen molar-refractivity contribution in [2.45, 2.75) is 0 Å². The second kappa shape index (κ2) is 7.29. The Morgan fingerprint density at radius 2 is 1.28 bits per heavy atom. The number of hydrogen-bond donors (Lipinski definition) is 1. The Bertz CT molecular complexity index is 1690. The normalized spacial score (nSPS) is 11.4. The number of amides is 1. The van der Waals surface area contributed by atoms with Crippen molar-refractivity contribution in [3.05, 3.63) is 102 Å². The minimum atomic E-state index is -0.223. The van der Waals surface area contributed by atoms with Gasteiger partial charge in [-0.15, -0.1) is 0 Å². The smallest absolute Gasteiger partial charge is 0.255 e. The second-order valence-corrected chi connectivity index (χ2v) is 8.12. The summed E-state index contributed by atoms with van der Waals surface area (Å²) in [7, 11) is 0. The highest BCUT2D eigenvalue weighted by Crippen LogP contribution is 2.34. The predicted octanol–water partition coefficient (Wildman–Crippen LogP) is 7.00. The fraction of sp³-hybridized carbons (Fsp3) is 0. The molecule has 152 valence electrons. The van der Waals surface area contributed by atoms with Crippen molar-refractivity contribution >= 4 is 66.8 Å². The molecule has 5 heteroatoms. The Balaban J connectivity index is 1.54. The number of anilines is 1. The Morgan fingerprint density at radius 1 is 0.656 bits per heavy atom. The van der Waals surface area contributed by atoms with Gasteiger partial charge in [0.1, 0.15) is 0 Å². The minimum absolute atomic E-state index is 0.223. The van der Waals surface area contributed by atoms with E-state index in [4.69, 9.17) is 21.6 Å². The summed E-state index contributed by atoms with van der Waals surface area (Å²) in [5, 5.41) is 7.86. The number of nitrogens with zero attached hydrogens (tertiary/aromatic N) is 2. The van der Waals surface area contributed by atoms with E-state index in [0.29, 0.717) is 21.8 Å². The number of halogens is 1. The van der Waals surface area contributed by atoms with Gasteiger partial charge < -0.3 is 5.32 Å². The molecule has 0 radical (unpaired) electrons. The van der Waals surface area contributed by atoms with Gasteiger partial charge in [-0.25, -0.2) is 9.97 Å². The molecule has 32 heavy (non-hydrogen) atoms. The third-order valence-corrected chi connectivity index (χ3v) is 5.90. The average Bonchev–Trinajstić information content (AvgIpc) is 2.83. The molecule has 1 aromatic heterocycles. The Labute approximate surface area is 188 Å². The maximum atomic E-state index is 12.8. The summed E-state index contributed by atoms with van der Waals surface area (Å²) >= 11 is 6.03. The quantitative estimate of drug-likeness (QED) is 0.236. The number of fused-ring (bicyclic) bond motifs is 7. The van der Waals surface area contributed by atoms with Crippen LogP contribution in [0.1, 0.15) is 10.4 Å². The Morgan fingerprint density at radius 3 is 1.94 bits per heavy atom. The molecule has 0 fully saturated rings. The maximum Gasteiger partial charge on any atom is 0.255 e. The van der Waals surface area contributed by atoms with Crippen molar-refractivity contribution in [3.63, 3.8) is 0 Å². The molecular formula is C27H16ClN3O. The standard InChI is InChI=1S/C27H16ClN3O/c28-17-6-5-7-18(15-17)29-27(32)16-12-13-23-24(14-16)31-26-22-11-4-2-9-20(22)19-8-1-3-10-21(19)25(26)30-23/h1-15H,(H,29,32). The molecule has 0 aliphatic rings. The molecule has 0 aliphatic heterocycles. The third-order valence-electron chi connectivity index (χ3n) is 5.66. The number of benzene rings is 5. The number of carbonyl (C=O) groups is 1. The first-order valence-electron chi connectivity index (χ1n) is 10.3. The van der Waals surface area contributed by atoms with Gasteiger partial charge in [-0.2, -0.15) is 0 Å². The zero-order chi connectivity index (χ0) is 21.7. The van der Waals surface area contributed by atoms with Gasteiger partial charge in [0.15, 0.2) is 0 Å². The van der Waals surface area contributed by atoms with Crippen LogP contribution in [0.5, 0.6) is 0 Å². The zero-order valence-electron chi connectivity index (χ0n) is 16.8. The molecule has 0 unspecified atom stereocenters. The van der Waals surface area contributed by atoms with Gasteiger partial charge in [-0.05, 0) is 47.2 Å². The lowest BCUT2D eigenvalue weighted by atomic mass is 9.99. The van der Waals surface area contributed by atoms with E-state index in [9.17, 15) is 4.79 Å². The number of aromatic nitrogens is 2. The second-order valence-electron chi connectivity index (χ2n) is 7.68. The van der Waals surface area contributed by atoms with E-state index in [2.05, 4.69) is 29.6 Å². The monoisotopic (exact) mass is 433 g/mol. The van der Waals surface area contributed by atoms with Crippen LogP contribution in [0.25, 0.3) is 43.6 Å². The summed E-state index contributed by atoms with van der Waals surface area (Å²) in [6, 6.07) is 29.0. The Hall–Kier alpha value is -4.02. The number of rotatable bonds is 2. The lowest BCUT2D eigenvalue weighted by Gasteiger charge is -2.11. The van der Waals surface area contributed by atoms with Gasteiger partial charge in [0.2, 0.25) is 0 Å². The topological polar surface area (TPSA) is 54.9 Å². The van der Waals surface area contributed by atoms with Crippen molar-refractivity contribution in [2.75, 3.05) is 5.32 Å². The highest BCUT2D eigenvalue weighted by atomic mass is 35.5. The molecular weight excluding hydrogens is 418 g/mol. The largest absolute Gasteiger partial charge is 0.322 e. The van der Waals surface area contributed by atoms with Crippen LogP contribution in [-0.2, 0) is 0 Å². The first-order chi connectivity index (χ1) is 15.7. The average molecular weight is 434 g/mol. The summed E-state index contributed by atoms with van der Waals surface area (Å²) in [5.74, 6) is -0.223. The van der Waals surface area contributed by atoms with Crippen molar-refractivity contribution in [1.82, 2.24) is 9.97 Å². The van der Waals surface area contributed by atoms with E-state index in [1.54, 1.807) is 36.4 Å². The summed E-state index contributed by atoms with van der Waals surface area (Å²) in [4.78, 5) is 22.7. The first-order valence-corrected chi connectivity index (χ1v) is 10.6. The number of nitrogens with one attached hydrogen (secondary N) is 1. The first kappa shape index (κ1) is 18.7. The molecule has 6 rings (SSSR count). The SMILES string of the molecule is O=C(Nc1cccc(Cl)c1)c1ccc2nc3c4ccccc4c4ccccc4c3nc2c1. The van der Waals surface area contributed by atoms with Crippen molar-refractivity contribution in [1.29, 1.82) is 0 Å². The van der Waals surface area contributed by atoms with E-state index in [-0.39, 0.29) is 5.91 Å². The van der Waals surface area contributed by atoms with Crippen LogP contribution >= 0.6 is 11.6 Å². The molecule has 0 spiro atoms. The van der Waals surface area contributed by atoms with Gasteiger partial charge in [0.05, 0.1) is 22.1 Å². The van der Waals surface area contributed by atoms with E-state index in [0.717, 1.165) is 38.1 Å². The van der Waals surface area contributed by atoms with Crippen LogP contribution in [0.3, 0.4) is 0 Å². The molecule has 0 bridgehead atoms. The van der Waals surface area contributed by atoms with Crippen LogP contribution in [0.4, 0.5) is 5.69 Å². The van der Waals surface area contributed by atoms with Crippen molar-refractivity contribution < 1.29 is 4.79 Å². The van der Waals surface area contributed by atoms with Gasteiger partial charge in [-0.3, -0.25) is 4.79 Å². The maximum absolute atomic E-state index is 12.8. The van der Waals surface area contributed by atoms with E-state index in [1.165, 1.54) is 0 Å². The molecule has 4 nitrogen and oxygen atoms in total. The lowest BCUT2D eigenvalue weighted by Crippen LogP contribution is -2.11. The van der Waals surface area contributed by atoms with Gasteiger partial charge in [0.25, 0.3) is 5.91 Å². The van der Waals surface area contributed by atoms with E-state index >= 15 is 0 Å². The molecule has 1 N–H and O–H groups in total. The molecule has 0 saturated heterocycles. The fourth-order valence-corrected chi connectivity index (χ4v) is 4.38. The Kier molecular flexibility index (Phi) is 4.27. The van der Waals surface area contributed by atoms with E-state index < -0.39 is 0 Å². The molecule has 1 heterocycles. The lowest BCUT2D eigenvalue weighted by molar-refractivity contribution is 0.102. The zero-order valence-corrected chi connectivity index (χ0v) is 17.6. The van der Waals surface area contributed by atoms with Crippen LogP contribution in [0.15, 0.2) is 91.0 Å². The predicted molar refractivity (Wildman–Crippen MR) is 131 cm³/mol. The number of hydrogen-bond acceptors (Lipinski definition) is 3. The molecule has 0 aliphatic carbocycles. The third kappa shape index (κ3) is 3.04. The molecule has 0 saturated carbocycles. The van der Waals surface area contributed by atoms with Crippen molar-refractivity contribution in [3.8, 4) is 0 Å². The van der Waals surface area contributed by atoms with Crippen LogP contribution in [-0.4, -0.2) is 15.9 Å². The molecule has 5 aromatic carbocycles. The van der Waals surface area contributed by atoms with Gasteiger partial charge in [0, 0.05) is 27.0 Å². The minimum Gasteiger partial charge on any atom is -0.322 e. The molecule has 6 aromatic rings. The van der Waals surface area contributed by atoms with Crippen LogP contribution < -0.4 is 5.32 Å².